The maximum Gasteiger partial charge on any atom is 0.163 e. The Hall–Kier alpha value is -2.67. The van der Waals surface area contributed by atoms with Gasteiger partial charge in [0, 0.05) is 13.6 Å². The SMILES string of the molecule is COc1cccc(C(CNc2ncnc3c2cnn3C)N2CCCC2)c1. The maximum absolute atomic E-state index is 5.42. The number of rotatable bonds is 6. The van der Waals surface area contributed by atoms with Crippen molar-refractivity contribution in [3.63, 3.8) is 0 Å². The highest BCUT2D eigenvalue weighted by Crippen LogP contribution is 2.28. The largest absolute Gasteiger partial charge is 0.497 e. The molecule has 0 amide bonds. The van der Waals surface area contributed by atoms with E-state index in [1.54, 1.807) is 18.1 Å². The quantitative estimate of drug-likeness (QED) is 0.735. The van der Waals surface area contributed by atoms with Crippen LogP contribution in [-0.2, 0) is 7.05 Å². The molecule has 4 rings (SSSR count). The summed E-state index contributed by atoms with van der Waals surface area (Å²) >= 11 is 0. The Morgan fingerprint density at radius 1 is 1.23 bits per heavy atom. The fourth-order valence-corrected chi connectivity index (χ4v) is 3.66. The maximum atomic E-state index is 5.42. The number of aryl methyl sites for hydroxylation is 1. The molecule has 1 saturated heterocycles. The smallest absolute Gasteiger partial charge is 0.163 e. The normalized spacial score (nSPS) is 16.1. The molecular weight excluding hydrogens is 328 g/mol. The predicted molar refractivity (Wildman–Crippen MR) is 101 cm³/mol. The molecule has 0 bridgehead atoms. The van der Waals surface area contributed by atoms with Gasteiger partial charge in [0.1, 0.15) is 17.9 Å². The van der Waals surface area contributed by atoms with Gasteiger partial charge in [-0.1, -0.05) is 12.1 Å². The first-order chi connectivity index (χ1) is 12.8. The minimum atomic E-state index is 0.272. The predicted octanol–water partition coefficient (Wildman–Crippen LogP) is 2.62. The van der Waals surface area contributed by atoms with E-state index in [9.17, 15) is 0 Å². The molecule has 0 spiro atoms. The van der Waals surface area contributed by atoms with Crippen LogP contribution in [0.15, 0.2) is 36.8 Å². The molecule has 1 aliphatic rings. The Morgan fingerprint density at radius 3 is 2.88 bits per heavy atom. The van der Waals surface area contributed by atoms with Crippen molar-refractivity contribution in [3.8, 4) is 5.75 Å². The van der Waals surface area contributed by atoms with E-state index in [1.165, 1.54) is 18.4 Å². The zero-order valence-corrected chi connectivity index (χ0v) is 15.2. The first-order valence-electron chi connectivity index (χ1n) is 9.01. The standard InChI is InChI=1S/C19H24N6O/c1-24-19-16(11-23-24)18(21-13-22-19)20-12-17(25-8-3-4-9-25)14-6-5-7-15(10-14)26-2/h5-7,10-11,13,17H,3-4,8-9,12H2,1-2H3,(H,20,21,22). The lowest BCUT2D eigenvalue weighted by molar-refractivity contribution is 0.255. The molecule has 1 aromatic carbocycles. The summed E-state index contributed by atoms with van der Waals surface area (Å²) in [5.41, 5.74) is 2.09. The van der Waals surface area contributed by atoms with Gasteiger partial charge in [-0.25, -0.2) is 9.97 Å². The highest BCUT2D eigenvalue weighted by molar-refractivity contribution is 5.85. The van der Waals surface area contributed by atoms with E-state index in [-0.39, 0.29) is 6.04 Å². The van der Waals surface area contributed by atoms with Crippen LogP contribution >= 0.6 is 0 Å². The number of benzene rings is 1. The summed E-state index contributed by atoms with van der Waals surface area (Å²) in [5, 5.41) is 8.76. The van der Waals surface area contributed by atoms with Crippen molar-refractivity contribution in [2.75, 3.05) is 32.1 Å². The molecule has 26 heavy (non-hydrogen) atoms. The fourth-order valence-electron chi connectivity index (χ4n) is 3.66. The molecule has 2 aromatic heterocycles. The molecule has 3 heterocycles. The van der Waals surface area contributed by atoms with E-state index >= 15 is 0 Å². The summed E-state index contributed by atoms with van der Waals surface area (Å²) < 4.78 is 7.19. The number of likely N-dealkylation sites (tertiary alicyclic amines) is 1. The van der Waals surface area contributed by atoms with E-state index in [1.807, 2.05) is 19.3 Å². The summed E-state index contributed by atoms with van der Waals surface area (Å²) in [6.07, 6.45) is 5.90. The lowest BCUT2D eigenvalue weighted by Gasteiger charge is -2.28. The van der Waals surface area contributed by atoms with Crippen molar-refractivity contribution in [1.29, 1.82) is 0 Å². The van der Waals surface area contributed by atoms with Gasteiger partial charge >= 0.3 is 0 Å². The molecular formula is C19H24N6O. The minimum Gasteiger partial charge on any atom is -0.497 e. The summed E-state index contributed by atoms with van der Waals surface area (Å²) in [6.45, 7) is 3.01. The molecule has 0 aliphatic carbocycles. The van der Waals surface area contributed by atoms with Gasteiger partial charge in [0.25, 0.3) is 0 Å². The molecule has 1 aliphatic heterocycles. The van der Waals surface area contributed by atoms with Crippen LogP contribution in [0.4, 0.5) is 5.82 Å². The Bertz CT molecular complexity index is 887. The van der Waals surface area contributed by atoms with Crippen LogP contribution in [0.1, 0.15) is 24.4 Å². The van der Waals surface area contributed by atoms with Crippen LogP contribution in [0.25, 0.3) is 11.0 Å². The highest BCUT2D eigenvalue weighted by atomic mass is 16.5. The topological polar surface area (TPSA) is 68.1 Å². The Labute approximate surface area is 153 Å². The van der Waals surface area contributed by atoms with Gasteiger partial charge in [-0.15, -0.1) is 0 Å². The second-order valence-electron chi connectivity index (χ2n) is 6.64. The van der Waals surface area contributed by atoms with Gasteiger partial charge in [-0.3, -0.25) is 9.58 Å². The molecule has 136 valence electrons. The minimum absolute atomic E-state index is 0.272. The van der Waals surface area contributed by atoms with Gasteiger partial charge in [0.2, 0.25) is 0 Å². The first kappa shape index (κ1) is 16.8. The Balaban J connectivity index is 1.60. The molecule has 7 nitrogen and oxygen atoms in total. The van der Waals surface area contributed by atoms with Gasteiger partial charge in [0.05, 0.1) is 24.7 Å². The van der Waals surface area contributed by atoms with Crippen LogP contribution in [0.3, 0.4) is 0 Å². The molecule has 1 atom stereocenters. The number of fused-ring (bicyclic) bond motifs is 1. The first-order valence-corrected chi connectivity index (χ1v) is 9.01. The van der Waals surface area contributed by atoms with Crippen LogP contribution in [0.5, 0.6) is 5.75 Å². The van der Waals surface area contributed by atoms with E-state index in [4.69, 9.17) is 4.74 Å². The summed E-state index contributed by atoms with van der Waals surface area (Å²) in [7, 11) is 3.60. The lowest BCUT2D eigenvalue weighted by atomic mass is 10.0. The summed E-state index contributed by atoms with van der Waals surface area (Å²) in [6, 6.07) is 8.62. The molecule has 3 aromatic rings. The second-order valence-corrected chi connectivity index (χ2v) is 6.64. The van der Waals surface area contributed by atoms with Gasteiger partial charge < -0.3 is 10.1 Å². The monoisotopic (exact) mass is 352 g/mol. The zero-order valence-electron chi connectivity index (χ0n) is 15.2. The Morgan fingerprint density at radius 2 is 2.08 bits per heavy atom. The number of aromatic nitrogens is 4. The number of anilines is 1. The number of hydrogen-bond acceptors (Lipinski definition) is 6. The number of methoxy groups -OCH3 is 1. The van der Waals surface area contributed by atoms with Crippen molar-refractivity contribution in [1.82, 2.24) is 24.6 Å². The van der Waals surface area contributed by atoms with Crippen LogP contribution in [0.2, 0.25) is 0 Å². The van der Waals surface area contributed by atoms with E-state index in [0.29, 0.717) is 0 Å². The van der Waals surface area contributed by atoms with Crippen molar-refractivity contribution in [2.45, 2.75) is 18.9 Å². The summed E-state index contributed by atoms with van der Waals surface area (Å²) in [5.74, 6) is 1.72. The van der Waals surface area contributed by atoms with E-state index in [2.05, 4.69) is 43.5 Å². The van der Waals surface area contributed by atoms with E-state index < -0.39 is 0 Å². The molecule has 1 fully saturated rings. The average Bonchev–Trinajstić information content (AvgIpc) is 3.33. The number of hydrogen-bond donors (Lipinski definition) is 1. The van der Waals surface area contributed by atoms with Crippen molar-refractivity contribution in [2.24, 2.45) is 7.05 Å². The van der Waals surface area contributed by atoms with Crippen LogP contribution in [-0.4, -0.2) is 51.4 Å². The third-order valence-electron chi connectivity index (χ3n) is 5.05. The highest BCUT2D eigenvalue weighted by Gasteiger charge is 2.24. The van der Waals surface area contributed by atoms with E-state index in [0.717, 1.165) is 42.2 Å². The fraction of sp³-hybridized carbons (Fsp3) is 0.421. The van der Waals surface area contributed by atoms with Crippen molar-refractivity contribution >= 4 is 16.9 Å². The van der Waals surface area contributed by atoms with Crippen molar-refractivity contribution < 1.29 is 4.74 Å². The third-order valence-corrected chi connectivity index (χ3v) is 5.05. The van der Waals surface area contributed by atoms with Gasteiger partial charge in [0.15, 0.2) is 5.65 Å². The summed E-state index contributed by atoms with van der Waals surface area (Å²) in [4.78, 5) is 11.3. The Kier molecular flexibility index (Phi) is 4.71. The average molecular weight is 352 g/mol. The van der Waals surface area contributed by atoms with Crippen molar-refractivity contribution in [3.05, 3.63) is 42.4 Å². The molecule has 1 N–H and O–H groups in total. The molecule has 7 heteroatoms. The zero-order chi connectivity index (χ0) is 17.9. The second kappa shape index (κ2) is 7.29. The van der Waals surface area contributed by atoms with Gasteiger partial charge in [-0.05, 0) is 43.6 Å². The molecule has 0 radical (unpaired) electrons. The molecule has 0 saturated carbocycles. The molecule has 1 unspecified atom stereocenters. The number of nitrogens with zero attached hydrogens (tertiary/aromatic N) is 5. The third kappa shape index (κ3) is 3.22. The van der Waals surface area contributed by atoms with Crippen LogP contribution < -0.4 is 10.1 Å². The van der Waals surface area contributed by atoms with Crippen LogP contribution in [0, 0.1) is 0 Å². The number of ether oxygens (including phenoxy) is 1. The number of nitrogens with one attached hydrogen (secondary N) is 1. The lowest BCUT2D eigenvalue weighted by Crippen LogP contribution is -2.31. The van der Waals surface area contributed by atoms with Gasteiger partial charge in [-0.2, -0.15) is 5.10 Å².